The number of hydrogen-bond donors (Lipinski definition) is 0. The number of hydrogen-bond acceptors (Lipinski definition) is 2. The van der Waals surface area contributed by atoms with Crippen LogP contribution in [0.2, 0.25) is 0 Å². The fourth-order valence-corrected chi connectivity index (χ4v) is 3.57. The summed E-state index contributed by atoms with van der Waals surface area (Å²) in [5.74, 6) is -1.08. The van der Waals surface area contributed by atoms with Crippen LogP contribution in [-0.2, 0) is 4.79 Å². The molecule has 3 heteroatoms. The largest absolute Gasteiger partial charge is 0.550 e. The first-order valence-corrected chi connectivity index (χ1v) is 12.3. The maximum atomic E-state index is 8.89. The molecular formula is C26H47NO2. The van der Waals surface area contributed by atoms with E-state index in [0.29, 0.717) is 0 Å². The lowest BCUT2D eigenvalue weighted by molar-refractivity contribution is -0.442. The lowest BCUT2D eigenvalue weighted by Gasteiger charge is -2.03. The Labute approximate surface area is 181 Å². The van der Waals surface area contributed by atoms with Gasteiger partial charge in [0.05, 0.1) is 0 Å². The molecule has 1 aliphatic rings. The van der Waals surface area contributed by atoms with E-state index in [1.807, 2.05) is 0 Å². The minimum atomic E-state index is -1.08. The van der Waals surface area contributed by atoms with E-state index in [-0.39, 0.29) is 0 Å². The molecule has 0 saturated carbocycles. The first-order valence-electron chi connectivity index (χ1n) is 12.3. The van der Waals surface area contributed by atoms with Gasteiger partial charge in [-0.2, -0.15) is 0 Å². The third kappa shape index (κ3) is 24.6. The summed E-state index contributed by atoms with van der Waals surface area (Å²) < 4.78 is 2.30. The van der Waals surface area contributed by atoms with Crippen LogP contribution >= 0.6 is 0 Å². The van der Waals surface area contributed by atoms with E-state index < -0.39 is 5.97 Å². The summed E-state index contributed by atoms with van der Waals surface area (Å²) in [5.41, 5.74) is 0. The summed E-state index contributed by atoms with van der Waals surface area (Å²) >= 11 is 0. The number of unbranched alkanes of at least 4 members (excludes halogenated alkanes) is 16. The van der Waals surface area contributed by atoms with Gasteiger partial charge in [0.1, 0.15) is 6.21 Å². The van der Waals surface area contributed by atoms with Crippen molar-refractivity contribution in [2.45, 2.75) is 123 Å². The van der Waals surface area contributed by atoms with Crippen molar-refractivity contribution in [3.05, 3.63) is 24.4 Å². The van der Waals surface area contributed by atoms with Gasteiger partial charge in [-0.05, 0) is 19.4 Å². The van der Waals surface area contributed by atoms with Gasteiger partial charge in [0.25, 0.3) is 0 Å². The number of rotatable bonds is 17. The second-order valence-electron chi connectivity index (χ2n) is 8.23. The maximum absolute atomic E-state index is 8.89. The zero-order valence-electron chi connectivity index (χ0n) is 19.4. The summed E-state index contributed by atoms with van der Waals surface area (Å²) in [5, 5.41) is 8.89. The number of nitrogens with zero attached hydrogens (tertiary/aromatic N) is 1. The summed E-state index contributed by atoms with van der Waals surface area (Å²) in [4.78, 5) is 8.89. The molecule has 1 aliphatic heterocycles. The summed E-state index contributed by atoms with van der Waals surface area (Å²) in [6.45, 7) is 4.32. The van der Waals surface area contributed by atoms with Crippen molar-refractivity contribution in [3.63, 3.8) is 0 Å². The van der Waals surface area contributed by atoms with Crippen LogP contribution in [-0.4, -0.2) is 23.3 Å². The lowest BCUT2D eigenvalue weighted by Crippen LogP contribution is -2.16. The highest BCUT2D eigenvalue weighted by atomic mass is 16.4. The first kappa shape index (κ1) is 27.6. The number of allylic oxidation sites excluding steroid dienone is 2. The van der Waals surface area contributed by atoms with Crippen LogP contribution in [0.25, 0.3) is 0 Å². The summed E-state index contributed by atoms with van der Waals surface area (Å²) in [6, 6.07) is 0. The van der Waals surface area contributed by atoms with Crippen LogP contribution < -0.4 is 5.11 Å². The van der Waals surface area contributed by atoms with Gasteiger partial charge in [0.2, 0.25) is 0 Å². The molecule has 0 aliphatic carbocycles. The predicted octanol–water partition coefficient (Wildman–Crippen LogP) is 6.56. The molecule has 0 N–H and O–H groups in total. The molecule has 0 bridgehead atoms. The third-order valence-corrected chi connectivity index (χ3v) is 5.26. The van der Waals surface area contributed by atoms with Gasteiger partial charge < -0.3 is 9.90 Å². The molecule has 0 aromatic heterocycles. The fourth-order valence-electron chi connectivity index (χ4n) is 3.57. The van der Waals surface area contributed by atoms with E-state index in [1.54, 1.807) is 0 Å². The van der Waals surface area contributed by atoms with Crippen molar-refractivity contribution in [3.8, 4) is 0 Å². The number of aliphatic carboxylic acids is 1. The van der Waals surface area contributed by atoms with Crippen LogP contribution in [0.15, 0.2) is 24.4 Å². The standard InChI is InChI=1S/C24H44N.C2H4O2/c1-2-3-4-5-6-7-8-9-10-11-12-13-14-15-16-17-19-22-25-23-20-18-21-24-25;1-2(3)4/h18,20-23H,2-17,19,24H2,1H3;1H3,(H,3,4)/q+1;/p-1. The zero-order chi connectivity index (χ0) is 21.4. The molecule has 0 radical (unpaired) electrons. The Morgan fingerprint density at radius 3 is 1.59 bits per heavy atom. The Hall–Kier alpha value is -1.38. The molecule has 0 aromatic carbocycles. The third-order valence-electron chi connectivity index (χ3n) is 5.26. The molecule has 0 aromatic rings. The van der Waals surface area contributed by atoms with E-state index in [9.17, 15) is 0 Å². The highest BCUT2D eigenvalue weighted by molar-refractivity contribution is 5.60. The van der Waals surface area contributed by atoms with Crippen LogP contribution in [0, 0.1) is 0 Å². The number of carbonyl (C=O) groups excluding carboxylic acids is 1. The average Bonchev–Trinajstić information content (AvgIpc) is 2.71. The van der Waals surface area contributed by atoms with Gasteiger partial charge in [0, 0.05) is 18.5 Å². The highest BCUT2D eigenvalue weighted by Crippen LogP contribution is 2.13. The van der Waals surface area contributed by atoms with Crippen LogP contribution in [0.5, 0.6) is 0 Å². The van der Waals surface area contributed by atoms with Crippen molar-refractivity contribution < 1.29 is 14.5 Å². The number of carboxylic acids is 1. The molecule has 29 heavy (non-hydrogen) atoms. The molecular weight excluding hydrogens is 358 g/mol. The molecule has 0 saturated heterocycles. The van der Waals surface area contributed by atoms with Crippen LogP contribution in [0.4, 0.5) is 0 Å². The van der Waals surface area contributed by atoms with Gasteiger partial charge in [0.15, 0.2) is 12.7 Å². The fraction of sp³-hybridized carbons (Fsp3) is 0.769. The van der Waals surface area contributed by atoms with Crippen molar-refractivity contribution in [1.82, 2.24) is 0 Å². The summed E-state index contributed by atoms with van der Waals surface area (Å²) in [6.07, 6.45) is 35.4. The minimum Gasteiger partial charge on any atom is -0.550 e. The number of carboxylic acid groups (broad SMARTS) is 1. The van der Waals surface area contributed by atoms with Gasteiger partial charge in [-0.15, -0.1) is 0 Å². The van der Waals surface area contributed by atoms with E-state index in [4.69, 9.17) is 9.90 Å². The molecule has 0 fully saturated rings. The van der Waals surface area contributed by atoms with Gasteiger partial charge >= 0.3 is 0 Å². The average molecular weight is 406 g/mol. The van der Waals surface area contributed by atoms with Gasteiger partial charge in [-0.1, -0.05) is 109 Å². The Morgan fingerprint density at radius 2 is 1.21 bits per heavy atom. The first-order chi connectivity index (χ1) is 14.2. The molecule has 1 rings (SSSR count). The van der Waals surface area contributed by atoms with Gasteiger partial charge in [-0.3, -0.25) is 0 Å². The van der Waals surface area contributed by atoms with Crippen molar-refractivity contribution in [2.75, 3.05) is 6.54 Å². The molecule has 0 amide bonds. The van der Waals surface area contributed by atoms with E-state index in [1.165, 1.54) is 109 Å². The Balaban J connectivity index is 0.00000178. The molecule has 0 spiro atoms. The molecule has 0 atom stereocenters. The Kier molecular flexibility index (Phi) is 21.8. The molecule has 168 valence electrons. The minimum absolute atomic E-state index is 0.972. The molecule has 3 nitrogen and oxygen atoms in total. The second-order valence-corrected chi connectivity index (χ2v) is 8.23. The predicted molar refractivity (Wildman–Crippen MR) is 124 cm³/mol. The quantitative estimate of drug-likeness (QED) is 0.203. The normalized spacial score (nSPS) is 14.1. The number of carbonyl (C=O) groups is 1. The van der Waals surface area contributed by atoms with Crippen molar-refractivity contribution in [1.29, 1.82) is 0 Å². The van der Waals surface area contributed by atoms with E-state index >= 15 is 0 Å². The van der Waals surface area contributed by atoms with Crippen LogP contribution in [0.1, 0.15) is 123 Å². The van der Waals surface area contributed by atoms with Gasteiger partial charge in [-0.25, -0.2) is 4.58 Å². The van der Waals surface area contributed by atoms with Crippen molar-refractivity contribution >= 4 is 12.2 Å². The molecule has 1 heterocycles. The lowest BCUT2D eigenvalue weighted by atomic mass is 10.0. The maximum Gasteiger partial charge on any atom is 0.168 e. The highest BCUT2D eigenvalue weighted by Gasteiger charge is 1.99. The topological polar surface area (TPSA) is 43.1 Å². The van der Waals surface area contributed by atoms with E-state index in [2.05, 4.69) is 42.1 Å². The zero-order valence-corrected chi connectivity index (χ0v) is 19.4. The Morgan fingerprint density at radius 1 is 0.793 bits per heavy atom. The smallest absolute Gasteiger partial charge is 0.168 e. The summed E-state index contributed by atoms with van der Waals surface area (Å²) in [7, 11) is 0. The molecule has 0 unspecified atom stereocenters. The van der Waals surface area contributed by atoms with E-state index in [0.717, 1.165) is 13.5 Å². The monoisotopic (exact) mass is 405 g/mol. The Bertz CT molecular complexity index is 448. The SMILES string of the molecule is CC(=O)[O-].CCCCCCCCCCCCCCCCCCC=[N+]1C=CC=CC1. The van der Waals surface area contributed by atoms with Crippen molar-refractivity contribution in [2.24, 2.45) is 0 Å². The second kappa shape index (κ2) is 22.9. The van der Waals surface area contributed by atoms with Crippen LogP contribution in [0.3, 0.4) is 0 Å².